The summed E-state index contributed by atoms with van der Waals surface area (Å²) in [5, 5.41) is 8.40. The third kappa shape index (κ3) is 2.76. The van der Waals surface area contributed by atoms with Crippen LogP contribution in [0.4, 0.5) is 11.5 Å². The second-order valence-electron chi connectivity index (χ2n) is 5.97. The molecular weight excluding hydrogens is 388 g/mol. The van der Waals surface area contributed by atoms with Gasteiger partial charge in [0.25, 0.3) is 11.3 Å². The van der Waals surface area contributed by atoms with E-state index in [-0.39, 0.29) is 5.56 Å². The number of fused-ring (bicyclic) bond motifs is 1. The monoisotopic (exact) mass is 404 g/mol. The van der Waals surface area contributed by atoms with Crippen LogP contribution in [0.15, 0.2) is 27.9 Å². The molecule has 1 saturated heterocycles. The highest BCUT2D eigenvalue weighted by molar-refractivity contribution is 9.10. The van der Waals surface area contributed by atoms with Crippen molar-refractivity contribution in [2.75, 3.05) is 36.0 Å². The molecule has 0 spiro atoms. The molecule has 1 aliphatic heterocycles. The second-order valence-corrected chi connectivity index (χ2v) is 6.77. The maximum absolute atomic E-state index is 12.1. The Bertz CT molecular complexity index is 989. The first-order valence-corrected chi connectivity index (χ1v) is 8.73. The lowest BCUT2D eigenvalue weighted by Crippen LogP contribution is -2.47. The van der Waals surface area contributed by atoms with Gasteiger partial charge in [-0.3, -0.25) is 4.79 Å². The zero-order chi connectivity index (χ0) is 17.6. The highest BCUT2D eigenvalue weighted by atomic mass is 79.9. The van der Waals surface area contributed by atoms with Crippen LogP contribution in [-0.4, -0.2) is 55.5 Å². The molecular formula is C15H17BrN8O. The smallest absolute Gasteiger partial charge is 0.282 e. The Morgan fingerprint density at radius 2 is 1.84 bits per heavy atom. The highest BCUT2D eigenvalue weighted by Crippen LogP contribution is 2.24. The van der Waals surface area contributed by atoms with Crippen LogP contribution in [0.1, 0.15) is 5.69 Å². The van der Waals surface area contributed by atoms with Crippen LogP contribution < -0.4 is 15.4 Å². The number of rotatable bonds is 2. The molecule has 3 aromatic heterocycles. The number of hydrogen-bond donors (Lipinski definition) is 0. The van der Waals surface area contributed by atoms with E-state index < -0.39 is 0 Å². The number of halogens is 1. The summed E-state index contributed by atoms with van der Waals surface area (Å²) in [6, 6.07) is 2.02. The van der Waals surface area contributed by atoms with Crippen LogP contribution in [0.25, 0.3) is 5.78 Å². The Morgan fingerprint density at radius 3 is 2.60 bits per heavy atom. The number of anilines is 2. The van der Waals surface area contributed by atoms with Gasteiger partial charge in [-0.2, -0.15) is 19.7 Å². The van der Waals surface area contributed by atoms with Gasteiger partial charge in [-0.25, -0.2) is 9.67 Å². The molecule has 0 amide bonds. The summed E-state index contributed by atoms with van der Waals surface area (Å²) in [7, 11) is 1.64. The molecule has 4 heterocycles. The molecule has 130 valence electrons. The Kier molecular flexibility index (Phi) is 3.91. The van der Waals surface area contributed by atoms with E-state index in [0.717, 1.165) is 43.4 Å². The molecule has 3 aromatic rings. The zero-order valence-corrected chi connectivity index (χ0v) is 15.5. The first-order valence-electron chi connectivity index (χ1n) is 7.93. The number of nitrogens with zero attached hydrogens (tertiary/aromatic N) is 8. The minimum Gasteiger partial charge on any atom is -0.366 e. The van der Waals surface area contributed by atoms with Crippen molar-refractivity contribution in [2.24, 2.45) is 7.05 Å². The van der Waals surface area contributed by atoms with E-state index in [4.69, 9.17) is 0 Å². The predicted octanol–water partition coefficient (Wildman–Crippen LogP) is 0.616. The molecule has 0 N–H and O–H groups in total. The van der Waals surface area contributed by atoms with Crippen LogP contribution in [0, 0.1) is 6.92 Å². The summed E-state index contributed by atoms with van der Waals surface area (Å²) in [5.74, 6) is 1.59. The lowest BCUT2D eigenvalue weighted by Gasteiger charge is -2.37. The number of hydrogen-bond acceptors (Lipinski definition) is 7. The van der Waals surface area contributed by atoms with Gasteiger partial charge in [0, 0.05) is 45.0 Å². The van der Waals surface area contributed by atoms with Crippen LogP contribution in [-0.2, 0) is 7.05 Å². The van der Waals surface area contributed by atoms with E-state index in [1.54, 1.807) is 17.8 Å². The third-order valence-electron chi connectivity index (χ3n) is 4.37. The fraction of sp³-hybridized carbons (Fsp3) is 0.400. The maximum atomic E-state index is 12.1. The molecule has 1 fully saturated rings. The Hall–Kier alpha value is -2.49. The molecule has 10 heteroatoms. The lowest BCUT2D eigenvalue weighted by molar-refractivity contribution is 0.629. The Labute approximate surface area is 152 Å². The summed E-state index contributed by atoms with van der Waals surface area (Å²) < 4.78 is 3.64. The van der Waals surface area contributed by atoms with E-state index in [1.165, 1.54) is 11.0 Å². The minimum absolute atomic E-state index is 0.131. The zero-order valence-electron chi connectivity index (χ0n) is 13.9. The number of piperazine rings is 1. The molecule has 0 aliphatic carbocycles. The van der Waals surface area contributed by atoms with E-state index >= 15 is 0 Å². The summed E-state index contributed by atoms with van der Waals surface area (Å²) in [6.07, 6.45) is 3.25. The second kappa shape index (κ2) is 6.10. The standard InChI is InChI=1S/C15H17BrN8O/c1-10-7-12(24-15(20-10)17-9-19-24)23-5-3-22(4-6-23)11-8-18-21(2)14(25)13(11)16/h7-9H,3-6H2,1-2H3. The van der Waals surface area contributed by atoms with Gasteiger partial charge in [0.05, 0.1) is 11.9 Å². The fourth-order valence-corrected chi connectivity index (χ4v) is 3.65. The van der Waals surface area contributed by atoms with Crippen LogP contribution in [0.5, 0.6) is 0 Å². The van der Waals surface area contributed by atoms with Crippen molar-refractivity contribution in [1.82, 2.24) is 29.4 Å². The van der Waals surface area contributed by atoms with Crippen molar-refractivity contribution < 1.29 is 0 Å². The van der Waals surface area contributed by atoms with Gasteiger partial charge >= 0.3 is 0 Å². The van der Waals surface area contributed by atoms with Crippen molar-refractivity contribution in [3.05, 3.63) is 39.1 Å². The quantitative estimate of drug-likeness (QED) is 0.618. The first-order chi connectivity index (χ1) is 12.0. The van der Waals surface area contributed by atoms with Crippen molar-refractivity contribution in [2.45, 2.75) is 6.92 Å². The Morgan fingerprint density at radius 1 is 1.12 bits per heavy atom. The largest absolute Gasteiger partial charge is 0.366 e. The van der Waals surface area contributed by atoms with Gasteiger partial charge < -0.3 is 9.80 Å². The molecule has 0 bridgehead atoms. The van der Waals surface area contributed by atoms with Crippen molar-refractivity contribution >= 4 is 33.2 Å². The molecule has 0 unspecified atom stereocenters. The van der Waals surface area contributed by atoms with Gasteiger partial charge in [0.1, 0.15) is 16.6 Å². The van der Waals surface area contributed by atoms with Crippen molar-refractivity contribution in [1.29, 1.82) is 0 Å². The molecule has 25 heavy (non-hydrogen) atoms. The number of aryl methyl sites for hydroxylation is 2. The van der Waals surface area contributed by atoms with Crippen LogP contribution in [0.3, 0.4) is 0 Å². The average molecular weight is 405 g/mol. The topological polar surface area (TPSA) is 84.5 Å². The third-order valence-corrected chi connectivity index (χ3v) is 5.11. The average Bonchev–Trinajstić information content (AvgIpc) is 3.08. The van der Waals surface area contributed by atoms with E-state index in [0.29, 0.717) is 10.3 Å². The number of aromatic nitrogens is 6. The predicted molar refractivity (Wildman–Crippen MR) is 97.1 cm³/mol. The summed E-state index contributed by atoms with van der Waals surface area (Å²) in [4.78, 5) is 25.1. The van der Waals surface area contributed by atoms with Crippen LogP contribution >= 0.6 is 15.9 Å². The Balaban J connectivity index is 1.58. The fourth-order valence-electron chi connectivity index (χ4n) is 3.04. The van der Waals surface area contributed by atoms with E-state index in [2.05, 4.69) is 45.9 Å². The van der Waals surface area contributed by atoms with Crippen molar-refractivity contribution in [3.63, 3.8) is 0 Å². The van der Waals surface area contributed by atoms with E-state index in [1.807, 2.05) is 13.0 Å². The first kappa shape index (κ1) is 16.0. The van der Waals surface area contributed by atoms with Gasteiger partial charge in [0.2, 0.25) is 0 Å². The minimum atomic E-state index is -0.131. The molecule has 0 atom stereocenters. The van der Waals surface area contributed by atoms with Gasteiger partial charge in [0.15, 0.2) is 0 Å². The molecule has 0 radical (unpaired) electrons. The summed E-state index contributed by atoms with van der Waals surface area (Å²) in [5.41, 5.74) is 1.62. The van der Waals surface area contributed by atoms with E-state index in [9.17, 15) is 4.79 Å². The maximum Gasteiger partial charge on any atom is 0.282 e. The van der Waals surface area contributed by atoms with Gasteiger partial charge in [-0.05, 0) is 22.9 Å². The lowest BCUT2D eigenvalue weighted by atomic mass is 10.2. The van der Waals surface area contributed by atoms with Crippen LogP contribution in [0.2, 0.25) is 0 Å². The molecule has 4 rings (SSSR count). The normalized spacial score (nSPS) is 15.2. The highest BCUT2D eigenvalue weighted by Gasteiger charge is 2.23. The van der Waals surface area contributed by atoms with Crippen molar-refractivity contribution in [3.8, 4) is 0 Å². The SMILES string of the molecule is Cc1cc(N2CCN(c3cnn(C)c(=O)c3Br)CC2)n2ncnc2n1. The molecule has 9 nitrogen and oxygen atoms in total. The molecule has 1 aliphatic rings. The van der Waals surface area contributed by atoms with Gasteiger partial charge in [-0.1, -0.05) is 0 Å². The molecule has 0 saturated carbocycles. The summed E-state index contributed by atoms with van der Waals surface area (Å²) >= 11 is 3.40. The molecule has 0 aromatic carbocycles. The van der Waals surface area contributed by atoms with Gasteiger partial charge in [-0.15, -0.1) is 0 Å². The summed E-state index contributed by atoms with van der Waals surface area (Å²) in [6.45, 7) is 5.13.